The molecule has 1 aromatic rings. The highest BCUT2D eigenvalue weighted by atomic mass is 32.2. The summed E-state index contributed by atoms with van der Waals surface area (Å²) in [6.07, 6.45) is 2.64. The lowest BCUT2D eigenvalue weighted by Gasteiger charge is -2.25. The summed E-state index contributed by atoms with van der Waals surface area (Å²) in [6, 6.07) is -5.21. The highest BCUT2D eigenvalue weighted by Crippen LogP contribution is 2.06. The summed E-state index contributed by atoms with van der Waals surface area (Å²) in [4.78, 5) is 67.2. The number of hydrogen-bond donors (Lipinski definition) is 8. The summed E-state index contributed by atoms with van der Waals surface area (Å²) < 4.78 is 0. The molecule has 0 aromatic carbocycles. The lowest BCUT2D eigenvalue weighted by atomic mass is 10.1. The average molecular weight is 517 g/mol. The number of aromatic nitrogens is 2. The van der Waals surface area contributed by atoms with Crippen LogP contribution < -0.4 is 21.7 Å². The van der Waals surface area contributed by atoms with Gasteiger partial charge in [-0.2, -0.15) is 11.8 Å². The van der Waals surface area contributed by atoms with Crippen LogP contribution in [0.4, 0.5) is 0 Å². The van der Waals surface area contributed by atoms with Gasteiger partial charge in [-0.05, 0) is 31.8 Å². The number of carboxylic acids is 2. The van der Waals surface area contributed by atoms with Gasteiger partial charge >= 0.3 is 11.9 Å². The number of carbonyl (C=O) groups excluding carboxylic acids is 3. The monoisotopic (exact) mass is 516 g/mol. The van der Waals surface area contributed by atoms with Crippen LogP contribution in [0.15, 0.2) is 12.5 Å². The standard InChI is InChI=1S/C20H32N6O8S/c1-10(27)16(20(33)34)26-19(32)14(7-11-8-22-9-23-11)25-18(31)13(3-4-15(28)29)24-17(30)12(21)5-6-35-2/h8-10,12-14,16,27H,3-7,21H2,1-2H3,(H,22,23)(H,24,30)(H,25,31)(H,26,32)(H,28,29)(H,33,34). The zero-order valence-corrected chi connectivity index (χ0v) is 20.2. The first-order valence-corrected chi connectivity index (χ1v) is 12.1. The number of carbonyl (C=O) groups is 5. The highest BCUT2D eigenvalue weighted by molar-refractivity contribution is 7.98. The number of thioether (sulfide) groups is 1. The lowest BCUT2D eigenvalue weighted by Crippen LogP contribution is -2.58. The van der Waals surface area contributed by atoms with E-state index in [2.05, 4.69) is 25.9 Å². The summed E-state index contributed by atoms with van der Waals surface area (Å²) in [6.45, 7) is 1.18. The molecule has 0 radical (unpaired) electrons. The number of H-pyrrole nitrogens is 1. The molecule has 0 aliphatic rings. The number of nitrogens with one attached hydrogen (secondary N) is 4. The van der Waals surface area contributed by atoms with Crippen molar-refractivity contribution >= 4 is 41.4 Å². The molecule has 0 bridgehead atoms. The highest BCUT2D eigenvalue weighted by Gasteiger charge is 2.32. The van der Waals surface area contributed by atoms with Crippen molar-refractivity contribution in [3.05, 3.63) is 18.2 Å². The van der Waals surface area contributed by atoms with Crippen LogP contribution in [0.25, 0.3) is 0 Å². The van der Waals surface area contributed by atoms with Gasteiger partial charge in [-0.25, -0.2) is 9.78 Å². The normalized spacial score (nSPS) is 15.2. The SMILES string of the molecule is CSCCC(N)C(=O)NC(CCC(=O)O)C(=O)NC(Cc1cnc[nH]1)C(=O)NC(C(=O)O)C(C)O. The first-order valence-electron chi connectivity index (χ1n) is 10.7. The van der Waals surface area contributed by atoms with Gasteiger partial charge in [0.15, 0.2) is 6.04 Å². The molecule has 14 nitrogen and oxygen atoms in total. The molecule has 1 aromatic heterocycles. The van der Waals surface area contributed by atoms with Crippen molar-refractivity contribution in [1.82, 2.24) is 25.9 Å². The minimum Gasteiger partial charge on any atom is -0.481 e. The van der Waals surface area contributed by atoms with Crippen molar-refractivity contribution in [2.75, 3.05) is 12.0 Å². The molecule has 15 heteroatoms. The maximum Gasteiger partial charge on any atom is 0.328 e. The van der Waals surface area contributed by atoms with Crippen LogP contribution in [0.5, 0.6) is 0 Å². The number of hydrogen-bond acceptors (Lipinski definition) is 9. The Labute approximate surface area is 205 Å². The second-order valence-corrected chi connectivity index (χ2v) is 8.77. The third-order valence-electron chi connectivity index (χ3n) is 4.91. The Balaban J connectivity index is 3.06. The number of aliphatic hydroxyl groups is 1. The van der Waals surface area contributed by atoms with Gasteiger partial charge < -0.3 is 42.0 Å². The van der Waals surface area contributed by atoms with Gasteiger partial charge in [0.2, 0.25) is 17.7 Å². The van der Waals surface area contributed by atoms with E-state index in [-0.39, 0.29) is 12.8 Å². The Bertz CT molecular complexity index is 866. The fraction of sp³-hybridized carbons (Fsp3) is 0.600. The van der Waals surface area contributed by atoms with Gasteiger partial charge in [-0.15, -0.1) is 0 Å². The third kappa shape index (κ3) is 10.7. The number of aliphatic carboxylic acids is 2. The predicted octanol–water partition coefficient (Wildman–Crippen LogP) is -2.18. The number of carboxylic acid groups (broad SMARTS) is 2. The molecule has 0 aliphatic heterocycles. The van der Waals surface area contributed by atoms with Crippen LogP contribution in [0.2, 0.25) is 0 Å². The van der Waals surface area contributed by atoms with E-state index in [1.807, 2.05) is 6.26 Å². The largest absolute Gasteiger partial charge is 0.481 e. The summed E-state index contributed by atoms with van der Waals surface area (Å²) in [7, 11) is 0. The van der Waals surface area contributed by atoms with E-state index in [0.29, 0.717) is 17.9 Å². The van der Waals surface area contributed by atoms with Gasteiger partial charge in [-0.1, -0.05) is 0 Å². The average Bonchev–Trinajstić information content (AvgIpc) is 3.30. The summed E-state index contributed by atoms with van der Waals surface area (Å²) in [5, 5.41) is 34.9. The predicted molar refractivity (Wildman–Crippen MR) is 125 cm³/mol. The number of aliphatic hydroxyl groups excluding tert-OH is 1. The van der Waals surface area contributed by atoms with E-state index in [1.54, 1.807) is 0 Å². The molecule has 1 heterocycles. The minimum atomic E-state index is -1.64. The lowest BCUT2D eigenvalue weighted by molar-refractivity contribution is -0.145. The van der Waals surface area contributed by atoms with E-state index in [9.17, 15) is 34.2 Å². The van der Waals surface area contributed by atoms with Crippen molar-refractivity contribution in [3.63, 3.8) is 0 Å². The Hall–Kier alpha value is -3.17. The smallest absolute Gasteiger partial charge is 0.328 e. The summed E-state index contributed by atoms with van der Waals surface area (Å²) >= 11 is 1.48. The first kappa shape index (κ1) is 29.9. The van der Waals surface area contributed by atoms with Crippen LogP contribution >= 0.6 is 11.8 Å². The van der Waals surface area contributed by atoms with Crippen LogP contribution in [-0.2, 0) is 30.4 Å². The maximum absolute atomic E-state index is 13.0. The van der Waals surface area contributed by atoms with Crippen LogP contribution in [0.1, 0.15) is 31.9 Å². The minimum absolute atomic E-state index is 0.128. The molecule has 0 fully saturated rings. The Morgan fingerprint density at radius 1 is 1.06 bits per heavy atom. The van der Waals surface area contributed by atoms with Crippen molar-refractivity contribution in [3.8, 4) is 0 Å². The van der Waals surface area contributed by atoms with Crippen molar-refractivity contribution in [2.24, 2.45) is 5.73 Å². The van der Waals surface area contributed by atoms with Crippen molar-refractivity contribution in [1.29, 1.82) is 0 Å². The molecule has 0 saturated carbocycles. The molecule has 0 spiro atoms. The first-order chi connectivity index (χ1) is 16.5. The number of nitrogens with two attached hydrogens (primary N) is 1. The van der Waals surface area contributed by atoms with Crippen LogP contribution in [0.3, 0.4) is 0 Å². The molecule has 0 aliphatic carbocycles. The second kappa shape index (κ2) is 15.0. The topological polar surface area (TPSA) is 237 Å². The van der Waals surface area contributed by atoms with Gasteiger partial charge in [0.25, 0.3) is 0 Å². The van der Waals surface area contributed by atoms with E-state index in [1.165, 1.54) is 31.2 Å². The number of imidazole rings is 1. The molecule has 5 unspecified atom stereocenters. The Kier molecular flexibility index (Phi) is 12.8. The molecular formula is C20H32N6O8S. The van der Waals surface area contributed by atoms with Crippen molar-refractivity contribution in [2.45, 2.75) is 62.9 Å². The van der Waals surface area contributed by atoms with E-state index in [4.69, 9.17) is 10.8 Å². The molecule has 1 rings (SSSR count). The van der Waals surface area contributed by atoms with Gasteiger partial charge in [-0.3, -0.25) is 19.2 Å². The fourth-order valence-corrected chi connectivity index (χ4v) is 3.42. The molecular weight excluding hydrogens is 484 g/mol. The zero-order chi connectivity index (χ0) is 26.5. The van der Waals surface area contributed by atoms with Crippen LogP contribution in [0, 0.1) is 0 Å². The molecule has 35 heavy (non-hydrogen) atoms. The number of nitrogens with zero attached hydrogens (tertiary/aromatic N) is 1. The summed E-state index contributed by atoms with van der Waals surface area (Å²) in [5.74, 6) is -4.51. The van der Waals surface area contributed by atoms with Gasteiger partial charge in [0.1, 0.15) is 12.1 Å². The molecule has 0 saturated heterocycles. The van der Waals surface area contributed by atoms with Crippen LogP contribution in [-0.4, -0.2) is 97.2 Å². The number of rotatable bonds is 16. The molecule has 9 N–H and O–H groups in total. The molecule has 196 valence electrons. The number of amides is 3. The maximum atomic E-state index is 13.0. The number of aromatic amines is 1. The molecule has 3 amide bonds. The Morgan fingerprint density at radius 2 is 1.69 bits per heavy atom. The second-order valence-electron chi connectivity index (χ2n) is 7.79. The van der Waals surface area contributed by atoms with Gasteiger partial charge in [0, 0.05) is 24.7 Å². The van der Waals surface area contributed by atoms with E-state index in [0.717, 1.165) is 0 Å². The third-order valence-corrected chi connectivity index (χ3v) is 5.55. The zero-order valence-electron chi connectivity index (χ0n) is 19.4. The fourth-order valence-electron chi connectivity index (χ4n) is 2.93. The molecule has 5 atom stereocenters. The Morgan fingerprint density at radius 3 is 2.20 bits per heavy atom. The van der Waals surface area contributed by atoms with Crippen molar-refractivity contribution < 1.29 is 39.3 Å². The van der Waals surface area contributed by atoms with Gasteiger partial charge in [0.05, 0.1) is 18.5 Å². The van der Waals surface area contributed by atoms with E-state index < -0.39 is 66.4 Å². The van der Waals surface area contributed by atoms with E-state index >= 15 is 0 Å². The quantitative estimate of drug-likeness (QED) is 0.117. The summed E-state index contributed by atoms with van der Waals surface area (Å²) in [5.41, 5.74) is 6.26.